The van der Waals surface area contributed by atoms with Gasteiger partial charge in [-0.3, -0.25) is 0 Å². The molecule has 12 heavy (non-hydrogen) atoms. The maximum Gasteiger partial charge on any atom is 0.145 e. The molecule has 2 rings (SSSR count). The average Bonchev–Trinajstić information content (AvgIpc) is 2.44. The Morgan fingerprint density at radius 1 is 1.58 bits per heavy atom. The molecule has 0 bridgehead atoms. The molecule has 0 fully saturated rings. The van der Waals surface area contributed by atoms with E-state index in [4.69, 9.17) is 0 Å². The maximum atomic E-state index is 10.3. The predicted octanol–water partition coefficient (Wildman–Crippen LogP) is 2.07. The molecule has 0 spiro atoms. The molecule has 0 aromatic carbocycles. The third-order valence-electron chi connectivity index (χ3n) is 1.67. The molecule has 1 atom stereocenters. The Kier molecular flexibility index (Phi) is 1.62. The van der Waals surface area contributed by atoms with E-state index in [9.17, 15) is 4.91 Å². The van der Waals surface area contributed by atoms with E-state index >= 15 is 0 Å². The fraction of sp³-hybridized carbons (Fsp3) is 0. The smallest absolute Gasteiger partial charge is 0.145 e. The van der Waals surface area contributed by atoms with Gasteiger partial charge in [-0.25, -0.2) is 4.98 Å². The summed E-state index contributed by atoms with van der Waals surface area (Å²) in [5.74, 6) is 0. The summed E-state index contributed by atoms with van der Waals surface area (Å²) in [5, 5.41) is 3.68. The lowest BCUT2D eigenvalue weighted by Gasteiger charge is -1.90. The minimum absolute atomic E-state index is 0.424. The summed E-state index contributed by atoms with van der Waals surface area (Å²) in [6.45, 7) is 0. The monoisotopic (exact) mass is 179 g/mol. The number of rotatable bonds is 1. The van der Waals surface area contributed by atoms with Crippen LogP contribution in [0.1, 0.15) is 0 Å². The van der Waals surface area contributed by atoms with Crippen LogP contribution in [0.3, 0.4) is 0 Å². The zero-order valence-electron chi connectivity index (χ0n) is 6.14. The van der Waals surface area contributed by atoms with Gasteiger partial charge in [0.05, 0.1) is 0 Å². The molecule has 0 aliphatic rings. The summed E-state index contributed by atoms with van der Waals surface area (Å²) in [6, 6.07) is 3.60. The normalized spacial score (nSPS) is 10.4. The molecule has 0 saturated heterocycles. The van der Waals surface area contributed by atoms with E-state index < -0.39 is 0 Å². The van der Waals surface area contributed by atoms with E-state index in [2.05, 4.69) is 19.6 Å². The van der Waals surface area contributed by atoms with Gasteiger partial charge in [-0.1, -0.05) is 0 Å². The lowest BCUT2D eigenvalue weighted by molar-refractivity contribution is 1.26. The van der Waals surface area contributed by atoms with Crippen molar-refractivity contribution >= 4 is 26.1 Å². The fourth-order valence-corrected chi connectivity index (χ4v) is 1.48. The molecule has 0 saturated carbocycles. The summed E-state index contributed by atoms with van der Waals surface area (Å²) in [6.07, 6.45) is 3.31. The Labute approximate surface area is 70.8 Å². The third-order valence-corrected chi connectivity index (χ3v) is 2.06. The third kappa shape index (κ3) is 0.924. The van der Waals surface area contributed by atoms with Crippen molar-refractivity contribution in [1.82, 2.24) is 9.32 Å². The highest BCUT2D eigenvalue weighted by molar-refractivity contribution is 7.14. The molecule has 2 aromatic rings. The lowest BCUT2D eigenvalue weighted by Crippen LogP contribution is -1.77. The Morgan fingerprint density at radius 2 is 2.42 bits per heavy atom. The molecule has 60 valence electrons. The lowest BCUT2D eigenvalue weighted by atomic mass is 10.3. The molecule has 0 aliphatic heterocycles. The first kappa shape index (κ1) is 7.37. The predicted molar refractivity (Wildman–Crippen MR) is 50.3 cm³/mol. The average molecular weight is 179 g/mol. The second-order valence-electron chi connectivity index (χ2n) is 2.39. The number of hydrogen-bond donors (Lipinski definition) is 0. The molecule has 2 heterocycles. The van der Waals surface area contributed by atoms with Gasteiger partial charge in [0.25, 0.3) is 0 Å². The Balaban J connectivity index is 2.91. The fourth-order valence-electron chi connectivity index (χ4n) is 1.14. The first-order valence-electron chi connectivity index (χ1n) is 3.37. The van der Waals surface area contributed by atoms with Gasteiger partial charge in [0.15, 0.2) is 0 Å². The minimum Gasteiger partial charge on any atom is -0.315 e. The van der Waals surface area contributed by atoms with Crippen LogP contribution in [0.25, 0.3) is 11.0 Å². The van der Waals surface area contributed by atoms with Crippen LogP contribution in [-0.2, 0) is 0 Å². The van der Waals surface area contributed by atoms with Crippen LogP contribution in [0.4, 0.5) is 5.69 Å². The maximum absolute atomic E-state index is 10.3. The molecule has 0 N–H and O–H groups in total. The molecular weight excluding hydrogens is 173 g/mol. The van der Waals surface area contributed by atoms with Crippen molar-refractivity contribution in [2.75, 3.05) is 0 Å². The summed E-state index contributed by atoms with van der Waals surface area (Å²) in [7, 11) is 2.45. The number of hydrogen-bond acceptors (Lipinski definition) is 3. The van der Waals surface area contributed by atoms with Gasteiger partial charge >= 0.3 is 0 Å². The summed E-state index contributed by atoms with van der Waals surface area (Å²) >= 11 is 0. The topological polar surface area (TPSA) is 47.2 Å². The first-order chi connectivity index (χ1) is 5.83. The van der Waals surface area contributed by atoms with Crippen LogP contribution in [0.2, 0.25) is 0 Å². The zero-order chi connectivity index (χ0) is 8.55. The Morgan fingerprint density at radius 3 is 3.17 bits per heavy atom. The van der Waals surface area contributed by atoms with Crippen molar-refractivity contribution in [3.63, 3.8) is 0 Å². The van der Waals surface area contributed by atoms with Crippen molar-refractivity contribution in [1.29, 1.82) is 0 Å². The van der Waals surface area contributed by atoms with Crippen molar-refractivity contribution in [3.05, 3.63) is 29.4 Å². The number of nitrogens with zero attached hydrogens (tertiary/aromatic N) is 3. The van der Waals surface area contributed by atoms with Crippen LogP contribution < -0.4 is 0 Å². The van der Waals surface area contributed by atoms with E-state index in [1.165, 1.54) is 0 Å². The number of nitroso groups, excluding NO2 is 1. The van der Waals surface area contributed by atoms with E-state index in [1.54, 1.807) is 22.8 Å². The summed E-state index contributed by atoms with van der Waals surface area (Å²) < 4.78 is 1.70. The molecule has 0 aliphatic carbocycles. The van der Waals surface area contributed by atoms with Crippen molar-refractivity contribution in [3.8, 4) is 0 Å². The molecule has 0 amide bonds. The summed E-state index contributed by atoms with van der Waals surface area (Å²) in [5.41, 5.74) is 1.17. The zero-order valence-corrected chi connectivity index (χ0v) is 7.29. The molecular formula is C7H6N3OP. The van der Waals surface area contributed by atoms with E-state index in [-0.39, 0.29) is 0 Å². The molecule has 0 radical (unpaired) electrons. The Hall–Kier alpha value is -1.28. The Bertz CT molecular complexity index is 437. The highest BCUT2D eigenvalue weighted by atomic mass is 31.0. The van der Waals surface area contributed by atoms with Crippen LogP contribution in [0.5, 0.6) is 0 Å². The summed E-state index contributed by atoms with van der Waals surface area (Å²) in [4.78, 5) is 14.4. The van der Waals surface area contributed by atoms with Gasteiger partial charge < -0.3 is 4.34 Å². The van der Waals surface area contributed by atoms with Crippen LogP contribution >= 0.6 is 9.39 Å². The second-order valence-corrected chi connectivity index (χ2v) is 2.94. The van der Waals surface area contributed by atoms with Crippen LogP contribution in [0, 0.1) is 4.91 Å². The van der Waals surface area contributed by atoms with Crippen molar-refractivity contribution in [2.24, 2.45) is 5.18 Å². The molecule has 5 heteroatoms. The minimum atomic E-state index is 0.424. The SMILES string of the molecule is O=Nc1cn(P)c2ncccc12. The standard InChI is InChI=1S/C7H6N3OP/c11-9-6-4-10(12)7-5(6)2-1-3-8-7/h1-4H,12H2. The quantitative estimate of drug-likeness (QED) is 0.497. The van der Waals surface area contributed by atoms with Crippen LogP contribution in [-0.4, -0.2) is 9.32 Å². The second kappa shape index (κ2) is 2.64. The van der Waals surface area contributed by atoms with Crippen molar-refractivity contribution in [2.45, 2.75) is 0 Å². The molecule has 4 nitrogen and oxygen atoms in total. The molecule has 2 aromatic heterocycles. The highest BCUT2D eigenvalue weighted by Gasteiger charge is 2.05. The van der Waals surface area contributed by atoms with E-state index in [0.717, 1.165) is 11.0 Å². The van der Waals surface area contributed by atoms with Gasteiger partial charge in [-0.2, -0.15) is 0 Å². The van der Waals surface area contributed by atoms with E-state index in [1.807, 2.05) is 6.07 Å². The number of aromatic nitrogens is 2. The molecule has 1 unspecified atom stereocenters. The van der Waals surface area contributed by atoms with Gasteiger partial charge in [-0.15, -0.1) is 4.91 Å². The largest absolute Gasteiger partial charge is 0.315 e. The van der Waals surface area contributed by atoms with Gasteiger partial charge in [0.1, 0.15) is 11.3 Å². The number of pyridine rings is 1. The van der Waals surface area contributed by atoms with Crippen molar-refractivity contribution < 1.29 is 0 Å². The van der Waals surface area contributed by atoms with Crippen LogP contribution in [0.15, 0.2) is 29.7 Å². The van der Waals surface area contributed by atoms with E-state index in [0.29, 0.717) is 5.69 Å². The van der Waals surface area contributed by atoms with Gasteiger partial charge in [0.2, 0.25) is 0 Å². The highest BCUT2D eigenvalue weighted by Crippen LogP contribution is 2.27. The van der Waals surface area contributed by atoms with Gasteiger partial charge in [-0.05, 0) is 26.7 Å². The number of fused-ring (bicyclic) bond motifs is 1. The first-order valence-corrected chi connectivity index (χ1v) is 3.89. The van der Waals surface area contributed by atoms with Gasteiger partial charge in [0, 0.05) is 17.8 Å².